The van der Waals surface area contributed by atoms with Crippen LogP contribution in [0.4, 0.5) is 5.69 Å². The minimum Gasteiger partial charge on any atom is -0.384 e. The molecule has 0 saturated heterocycles. The number of sulfonamides is 1. The van der Waals surface area contributed by atoms with Crippen molar-refractivity contribution in [2.45, 2.75) is 11.3 Å². The molecule has 1 heterocycles. The van der Waals surface area contributed by atoms with Gasteiger partial charge in [-0.1, -0.05) is 0 Å². The maximum Gasteiger partial charge on any atom is 0.238 e. The van der Waals surface area contributed by atoms with E-state index in [1.54, 1.807) is 18.2 Å². The van der Waals surface area contributed by atoms with Gasteiger partial charge >= 0.3 is 0 Å². The highest BCUT2D eigenvalue weighted by Crippen LogP contribution is 2.15. The zero-order chi connectivity index (χ0) is 18.9. The normalized spacial score (nSPS) is 11.4. The average Bonchev–Trinajstić information content (AvgIpc) is 2.95. The Hall–Kier alpha value is -3.24. The van der Waals surface area contributed by atoms with E-state index in [9.17, 15) is 13.2 Å². The summed E-state index contributed by atoms with van der Waals surface area (Å²) in [4.78, 5) is 19.4. The molecule has 0 radical (unpaired) electrons. The number of fused-ring (bicyclic) bond motifs is 1. The fourth-order valence-corrected chi connectivity index (χ4v) is 2.91. The van der Waals surface area contributed by atoms with Crippen LogP contribution in [0.25, 0.3) is 11.0 Å². The molecule has 0 bridgehead atoms. The third kappa shape index (κ3) is 3.87. The van der Waals surface area contributed by atoms with Gasteiger partial charge in [0.1, 0.15) is 11.7 Å². The predicted molar refractivity (Wildman–Crippen MR) is 97.3 cm³/mol. The molecule has 0 aliphatic heterocycles. The van der Waals surface area contributed by atoms with Gasteiger partial charge in [-0.3, -0.25) is 10.2 Å². The van der Waals surface area contributed by atoms with Crippen LogP contribution in [0.3, 0.4) is 0 Å². The van der Waals surface area contributed by atoms with E-state index in [2.05, 4.69) is 15.3 Å². The largest absolute Gasteiger partial charge is 0.384 e. The number of benzene rings is 2. The number of imidazole rings is 1. The molecule has 134 valence electrons. The number of aromatic nitrogens is 2. The number of hydrogen-bond donors (Lipinski definition) is 5. The summed E-state index contributed by atoms with van der Waals surface area (Å²) in [6, 6.07) is 10.6. The zero-order valence-electron chi connectivity index (χ0n) is 13.5. The maximum atomic E-state index is 12.1. The predicted octanol–water partition coefficient (Wildman–Crippen LogP) is 0.676. The summed E-state index contributed by atoms with van der Waals surface area (Å²) < 4.78 is 22.4. The Morgan fingerprint density at radius 3 is 2.50 bits per heavy atom. The number of amidine groups is 1. The molecule has 9 nitrogen and oxygen atoms in total. The fraction of sp³-hybridized carbons (Fsp3) is 0.0625. The quantitative estimate of drug-likeness (QED) is 0.327. The molecule has 0 unspecified atom stereocenters. The van der Waals surface area contributed by atoms with Crippen molar-refractivity contribution in [2.75, 3.05) is 5.32 Å². The number of primary sulfonamides is 1. The van der Waals surface area contributed by atoms with Crippen molar-refractivity contribution >= 4 is 38.5 Å². The van der Waals surface area contributed by atoms with Crippen LogP contribution < -0.4 is 16.2 Å². The summed E-state index contributed by atoms with van der Waals surface area (Å²) in [6.07, 6.45) is 0.00102. The first kappa shape index (κ1) is 17.6. The van der Waals surface area contributed by atoms with Crippen molar-refractivity contribution in [3.8, 4) is 0 Å². The molecule has 3 rings (SSSR count). The van der Waals surface area contributed by atoms with E-state index < -0.39 is 10.0 Å². The van der Waals surface area contributed by atoms with Gasteiger partial charge in [-0.25, -0.2) is 18.5 Å². The molecule has 3 aromatic rings. The Morgan fingerprint density at radius 1 is 1.19 bits per heavy atom. The highest BCUT2D eigenvalue weighted by molar-refractivity contribution is 7.89. The number of aromatic amines is 1. The van der Waals surface area contributed by atoms with Crippen molar-refractivity contribution < 1.29 is 13.2 Å². The Balaban J connectivity index is 1.71. The van der Waals surface area contributed by atoms with Crippen LogP contribution in [0.2, 0.25) is 0 Å². The van der Waals surface area contributed by atoms with E-state index >= 15 is 0 Å². The molecule has 0 fully saturated rings. The SMILES string of the molecule is N=C(N)c1ccc2nc(CC(=O)Nc3ccc(S(N)(=O)=O)cc3)[nH]c2c1. The van der Waals surface area contributed by atoms with Crippen LogP contribution in [0.15, 0.2) is 47.4 Å². The number of amides is 1. The van der Waals surface area contributed by atoms with E-state index in [1.165, 1.54) is 24.3 Å². The Bertz CT molecular complexity index is 1100. The Morgan fingerprint density at radius 2 is 1.88 bits per heavy atom. The lowest BCUT2D eigenvalue weighted by atomic mass is 10.2. The number of nitrogens with zero attached hydrogens (tertiary/aromatic N) is 1. The van der Waals surface area contributed by atoms with Crippen LogP contribution in [0.1, 0.15) is 11.4 Å². The maximum absolute atomic E-state index is 12.1. The van der Waals surface area contributed by atoms with E-state index in [1.807, 2.05) is 0 Å². The smallest absolute Gasteiger partial charge is 0.238 e. The molecular weight excluding hydrogens is 356 g/mol. The molecule has 10 heteroatoms. The minimum absolute atomic E-state index is 0.00102. The molecule has 0 aliphatic carbocycles. The second-order valence-electron chi connectivity index (χ2n) is 5.62. The van der Waals surface area contributed by atoms with Gasteiger partial charge in [0.05, 0.1) is 22.3 Å². The van der Waals surface area contributed by atoms with Gasteiger partial charge < -0.3 is 16.0 Å². The first-order chi connectivity index (χ1) is 12.2. The van der Waals surface area contributed by atoms with Crippen LogP contribution in [0.5, 0.6) is 0 Å². The fourth-order valence-electron chi connectivity index (χ4n) is 2.40. The van der Waals surface area contributed by atoms with Crippen molar-refractivity contribution in [1.29, 1.82) is 5.41 Å². The molecule has 26 heavy (non-hydrogen) atoms. The number of H-pyrrole nitrogens is 1. The summed E-state index contributed by atoms with van der Waals surface area (Å²) in [5.41, 5.74) is 7.80. The van der Waals surface area contributed by atoms with Gasteiger partial charge in [0.2, 0.25) is 15.9 Å². The number of rotatable bonds is 5. The lowest BCUT2D eigenvalue weighted by Gasteiger charge is -2.05. The molecule has 0 saturated carbocycles. The van der Waals surface area contributed by atoms with Gasteiger partial charge in [-0.2, -0.15) is 0 Å². The number of carbonyl (C=O) groups excluding carboxylic acids is 1. The first-order valence-electron chi connectivity index (χ1n) is 7.48. The van der Waals surface area contributed by atoms with E-state index in [0.717, 1.165) is 0 Å². The van der Waals surface area contributed by atoms with Crippen LogP contribution in [0, 0.1) is 5.41 Å². The van der Waals surface area contributed by atoms with Crippen molar-refractivity contribution in [3.05, 3.63) is 53.9 Å². The summed E-state index contributed by atoms with van der Waals surface area (Å²) in [6.45, 7) is 0. The van der Waals surface area contributed by atoms with Crippen molar-refractivity contribution in [2.24, 2.45) is 10.9 Å². The topological polar surface area (TPSA) is 168 Å². The number of carbonyl (C=O) groups is 1. The molecule has 0 atom stereocenters. The van der Waals surface area contributed by atoms with E-state index in [0.29, 0.717) is 28.1 Å². The highest BCUT2D eigenvalue weighted by Gasteiger charge is 2.11. The van der Waals surface area contributed by atoms with Crippen molar-refractivity contribution in [1.82, 2.24) is 9.97 Å². The van der Waals surface area contributed by atoms with Crippen molar-refractivity contribution in [3.63, 3.8) is 0 Å². The molecular formula is C16H16N6O3S. The Labute approximate surface area is 149 Å². The van der Waals surface area contributed by atoms with Crippen LogP contribution in [-0.4, -0.2) is 30.1 Å². The van der Waals surface area contributed by atoms with Gasteiger partial charge in [0.15, 0.2) is 0 Å². The highest BCUT2D eigenvalue weighted by atomic mass is 32.2. The summed E-state index contributed by atoms with van der Waals surface area (Å²) >= 11 is 0. The monoisotopic (exact) mass is 372 g/mol. The summed E-state index contributed by atoms with van der Waals surface area (Å²) in [5.74, 6) is 0.0855. The molecule has 2 aromatic carbocycles. The number of hydrogen-bond acceptors (Lipinski definition) is 5. The molecule has 1 amide bonds. The van der Waals surface area contributed by atoms with Gasteiger partial charge in [0, 0.05) is 11.3 Å². The second-order valence-corrected chi connectivity index (χ2v) is 7.18. The minimum atomic E-state index is -3.77. The third-order valence-corrected chi connectivity index (χ3v) is 4.57. The summed E-state index contributed by atoms with van der Waals surface area (Å²) in [5, 5.41) is 15.1. The van der Waals surface area contributed by atoms with E-state index in [4.69, 9.17) is 16.3 Å². The average molecular weight is 372 g/mol. The molecule has 7 N–H and O–H groups in total. The van der Waals surface area contributed by atoms with Gasteiger partial charge in [0.25, 0.3) is 0 Å². The Kier molecular flexibility index (Phi) is 4.45. The first-order valence-corrected chi connectivity index (χ1v) is 9.03. The number of nitrogen functional groups attached to an aromatic ring is 1. The lowest BCUT2D eigenvalue weighted by Crippen LogP contribution is -2.16. The number of nitrogens with one attached hydrogen (secondary N) is 3. The summed E-state index contributed by atoms with van der Waals surface area (Å²) in [7, 11) is -3.77. The van der Waals surface area contributed by atoms with Gasteiger partial charge in [-0.05, 0) is 42.5 Å². The molecule has 1 aromatic heterocycles. The molecule has 0 spiro atoms. The second kappa shape index (κ2) is 6.58. The lowest BCUT2D eigenvalue weighted by molar-refractivity contribution is -0.115. The number of anilines is 1. The standard InChI is InChI=1S/C16H16N6O3S/c17-16(18)9-1-6-12-13(7-9)22-14(21-12)8-15(23)20-10-2-4-11(5-3-10)26(19,24)25/h1-7H,8H2,(H3,17,18)(H,20,23)(H,21,22)(H2,19,24,25). The zero-order valence-corrected chi connectivity index (χ0v) is 14.3. The van der Waals surface area contributed by atoms with Gasteiger partial charge in [-0.15, -0.1) is 0 Å². The van der Waals surface area contributed by atoms with Crippen LogP contribution >= 0.6 is 0 Å². The molecule has 0 aliphatic rings. The van der Waals surface area contributed by atoms with Crippen LogP contribution in [-0.2, 0) is 21.2 Å². The number of nitrogens with two attached hydrogens (primary N) is 2. The van der Waals surface area contributed by atoms with E-state index in [-0.39, 0.29) is 23.1 Å². The third-order valence-electron chi connectivity index (χ3n) is 3.64.